The van der Waals surface area contributed by atoms with Crippen molar-refractivity contribution in [3.05, 3.63) is 84.3 Å². The Hall–Kier alpha value is -3.36. The minimum absolute atomic E-state index is 0.000505. The second-order valence-corrected chi connectivity index (χ2v) is 26.5. The maximum atomic E-state index is 12.6. The highest BCUT2D eigenvalue weighted by molar-refractivity contribution is 6.99. The van der Waals surface area contributed by atoms with Gasteiger partial charge in [-0.1, -0.05) is 120 Å². The predicted octanol–water partition coefficient (Wildman–Crippen LogP) is 8.91. The fraction of sp³-hybridized carbons (Fsp3) is 0.487. The Kier molecular flexibility index (Phi) is 10.8. The summed E-state index contributed by atoms with van der Waals surface area (Å²) in [5.74, 6) is -0.0763. The molecule has 3 atom stereocenters. The van der Waals surface area contributed by atoms with Gasteiger partial charge in [0.1, 0.15) is 11.1 Å². The van der Waals surface area contributed by atoms with Crippen LogP contribution in [-0.2, 0) is 13.6 Å². The summed E-state index contributed by atoms with van der Waals surface area (Å²) in [6, 6.07) is 21.2. The van der Waals surface area contributed by atoms with Gasteiger partial charge in [-0.25, -0.2) is 9.78 Å². The highest BCUT2D eigenvalue weighted by Crippen LogP contribution is 2.47. The molecule has 0 bridgehead atoms. The number of hydrogen-bond donors (Lipinski definition) is 1. The van der Waals surface area contributed by atoms with E-state index in [1.807, 2.05) is 4.57 Å². The smallest absolute Gasteiger partial charge is 0.414 e. The van der Waals surface area contributed by atoms with E-state index in [-0.39, 0.29) is 39.2 Å². The number of nitrogens with one attached hydrogen (secondary N) is 1. The Morgan fingerprint density at radius 1 is 0.922 bits per heavy atom. The molecule has 1 fully saturated rings. The molecule has 1 saturated carbocycles. The number of benzene rings is 2. The van der Waals surface area contributed by atoms with Crippen LogP contribution in [-0.4, -0.2) is 60.6 Å². The summed E-state index contributed by atoms with van der Waals surface area (Å²) in [6.07, 6.45) is 1.56. The van der Waals surface area contributed by atoms with Crippen LogP contribution < -0.4 is 15.7 Å². The quantitative estimate of drug-likeness (QED) is 0.104. The number of hydrogen-bond acceptors (Lipinski definition) is 7. The van der Waals surface area contributed by atoms with Crippen molar-refractivity contribution in [1.29, 1.82) is 0 Å². The van der Waals surface area contributed by atoms with Gasteiger partial charge in [0, 0.05) is 12.5 Å². The minimum atomic E-state index is -2.85. The van der Waals surface area contributed by atoms with Crippen molar-refractivity contribution in [1.82, 2.24) is 19.5 Å². The number of carbonyl (C=O) groups is 1. The van der Waals surface area contributed by atoms with Gasteiger partial charge in [-0.15, -0.1) is 0 Å². The summed E-state index contributed by atoms with van der Waals surface area (Å²) in [5, 5.41) is 5.03. The second kappa shape index (κ2) is 14.2. The summed E-state index contributed by atoms with van der Waals surface area (Å²) in [4.78, 5) is 26.2. The van der Waals surface area contributed by atoms with Crippen molar-refractivity contribution < 1.29 is 18.4 Å². The van der Waals surface area contributed by atoms with Crippen LogP contribution in [0.4, 0.5) is 10.7 Å². The number of imidazole rings is 1. The standard InChI is InChI=1S/C39H54ClN5O4Si2/c1-26-29(24-47-51(39(8,9)10,27-19-15-13-16-20-27)28-21-17-14-18-22-28)31(49-50(11,12)38(5,6)7)23-30(26)45-25-41-32-33(40)42-35(43-34(32)45)44-36(46)48-37(2,3)4/h13-22,25,29-31H,1,23-24H2,2-12H3,(H,42,43,44,46)/t29-,30-,31-/m0/s1. The maximum absolute atomic E-state index is 12.6. The zero-order chi connectivity index (χ0) is 37.6. The highest BCUT2D eigenvalue weighted by atomic mass is 35.5. The number of fused-ring (bicyclic) bond motifs is 1. The minimum Gasteiger partial charge on any atom is -0.444 e. The maximum Gasteiger partial charge on any atom is 0.414 e. The van der Waals surface area contributed by atoms with Crippen molar-refractivity contribution >= 4 is 61.8 Å². The SMILES string of the molecule is C=C1[C@H](CO[Si](c2ccccc2)(c2ccccc2)C(C)(C)C)[C@@H](O[Si](C)(C)C(C)(C)C)C[C@@H]1n1cnc2c(Cl)nc(NC(=O)OC(C)(C)C)nc21. The summed E-state index contributed by atoms with van der Waals surface area (Å²) >= 11 is 6.61. The Morgan fingerprint density at radius 3 is 2.00 bits per heavy atom. The zero-order valence-electron chi connectivity index (χ0n) is 32.0. The van der Waals surface area contributed by atoms with Gasteiger partial charge in [0.2, 0.25) is 5.95 Å². The molecule has 51 heavy (non-hydrogen) atoms. The van der Waals surface area contributed by atoms with Gasteiger partial charge in [-0.3, -0.25) is 5.32 Å². The molecule has 12 heteroatoms. The first kappa shape index (κ1) is 38.9. The zero-order valence-corrected chi connectivity index (χ0v) is 34.8. The number of halogens is 1. The number of ether oxygens (including phenoxy) is 1. The first-order chi connectivity index (χ1) is 23.6. The monoisotopic (exact) mass is 747 g/mol. The molecule has 0 radical (unpaired) electrons. The molecular formula is C39H54ClN5O4Si2. The Labute approximate surface area is 310 Å². The van der Waals surface area contributed by atoms with E-state index < -0.39 is 28.3 Å². The van der Waals surface area contributed by atoms with E-state index in [1.165, 1.54) is 10.4 Å². The normalized spacial score (nSPS) is 19.1. The molecule has 1 aliphatic carbocycles. The van der Waals surface area contributed by atoms with E-state index in [1.54, 1.807) is 27.1 Å². The molecule has 0 aliphatic heterocycles. The average Bonchev–Trinajstić information content (AvgIpc) is 3.56. The van der Waals surface area contributed by atoms with Crippen LogP contribution in [0.15, 0.2) is 79.1 Å². The van der Waals surface area contributed by atoms with Crippen molar-refractivity contribution in [2.24, 2.45) is 5.92 Å². The van der Waals surface area contributed by atoms with Gasteiger partial charge in [0.15, 0.2) is 19.1 Å². The number of nitrogens with zero attached hydrogens (tertiary/aromatic N) is 4. The number of aromatic nitrogens is 4. The van der Waals surface area contributed by atoms with Crippen LogP contribution in [0, 0.1) is 5.92 Å². The van der Waals surface area contributed by atoms with Crippen molar-refractivity contribution in [3.63, 3.8) is 0 Å². The molecular weight excluding hydrogens is 694 g/mol. The summed E-state index contributed by atoms with van der Waals surface area (Å²) in [5.41, 5.74) is 1.22. The van der Waals surface area contributed by atoms with Crippen molar-refractivity contribution in [3.8, 4) is 0 Å². The topological polar surface area (TPSA) is 100 Å². The van der Waals surface area contributed by atoms with Gasteiger partial charge in [-0.2, -0.15) is 9.97 Å². The Morgan fingerprint density at radius 2 is 1.49 bits per heavy atom. The summed E-state index contributed by atoms with van der Waals surface area (Å²) in [7, 11) is -5.07. The molecule has 1 amide bonds. The molecule has 2 heterocycles. The van der Waals surface area contributed by atoms with Gasteiger partial charge < -0.3 is 18.2 Å². The highest BCUT2D eigenvalue weighted by Gasteiger charge is 2.52. The third-order valence-electron chi connectivity index (χ3n) is 10.3. The number of amides is 1. The molecule has 0 spiro atoms. The molecule has 5 rings (SSSR count). The Bertz CT molecular complexity index is 1820. The first-order valence-corrected chi connectivity index (χ1v) is 22.9. The van der Waals surface area contributed by atoms with Crippen LogP contribution in [0.25, 0.3) is 11.2 Å². The van der Waals surface area contributed by atoms with E-state index in [9.17, 15) is 4.79 Å². The summed E-state index contributed by atoms with van der Waals surface area (Å²) < 4.78 is 22.2. The lowest BCUT2D eigenvalue weighted by Gasteiger charge is -2.44. The molecule has 1 N–H and O–H groups in total. The number of rotatable bonds is 9. The van der Waals surface area contributed by atoms with E-state index in [0.717, 1.165) is 5.57 Å². The molecule has 9 nitrogen and oxygen atoms in total. The third kappa shape index (κ3) is 8.02. The third-order valence-corrected chi connectivity index (χ3v) is 20.1. The van der Waals surface area contributed by atoms with Crippen molar-refractivity contribution in [2.75, 3.05) is 11.9 Å². The van der Waals surface area contributed by atoms with Crippen LogP contribution in [0.5, 0.6) is 0 Å². The van der Waals surface area contributed by atoms with Crippen LogP contribution in [0.2, 0.25) is 28.3 Å². The van der Waals surface area contributed by atoms with Gasteiger partial charge in [-0.05, 0) is 66.3 Å². The predicted molar refractivity (Wildman–Crippen MR) is 212 cm³/mol. The number of anilines is 1. The Balaban J connectivity index is 1.56. The fourth-order valence-corrected chi connectivity index (χ4v) is 12.9. The van der Waals surface area contributed by atoms with Gasteiger partial charge >= 0.3 is 6.09 Å². The molecule has 1 aliphatic rings. The molecule has 0 unspecified atom stereocenters. The van der Waals surface area contributed by atoms with E-state index in [2.05, 4.69) is 131 Å². The summed E-state index contributed by atoms with van der Waals surface area (Å²) in [6.45, 7) is 28.8. The molecule has 2 aromatic carbocycles. The van der Waals surface area contributed by atoms with Crippen molar-refractivity contribution in [2.45, 2.75) is 110 Å². The van der Waals surface area contributed by atoms with E-state index in [0.29, 0.717) is 24.2 Å². The number of carbonyl (C=O) groups excluding carboxylic acids is 1. The van der Waals surface area contributed by atoms with Crippen LogP contribution >= 0.6 is 11.6 Å². The van der Waals surface area contributed by atoms with Gasteiger partial charge in [0.05, 0.1) is 18.5 Å². The average molecular weight is 749 g/mol. The molecule has 4 aromatic rings. The fourth-order valence-electron chi connectivity index (χ4n) is 6.75. The lowest BCUT2D eigenvalue weighted by atomic mass is 10.0. The molecule has 0 saturated heterocycles. The lowest BCUT2D eigenvalue weighted by Crippen LogP contribution is -2.67. The lowest BCUT2D eigenvalue weighted by molar-refractivity contribution is 0.0634. The van der Waals surface area contributed by atoms with Gasteiger partial charge in [0.25, 0.3) is 8.32 Å². The molecule has 274 valence electrons. The molecule has 2 aromatic heterocycles. The first-order valence-electron chi connectivity index (χ1n) is 17.7. The van der Waals surface area contributed by atoms with E-state index >= 15 is 0 Å². The second-order valence-electron chi connectivity index (χ2n) is 17.1. The largest absolute Gasteiger partial charge is 0.444 e. The van der Waals surface area contributed by atoms with E-state index in [4.69, 9.17) is 36.8 Å². The van der Waals surface area contributed by atoms with Crippen LogP contribution in [0.3, 0.4) is 0 Å². The van der Waals surface area contributed by atoms with Crippen LogP contribution in [0.1, 0.15) is 74.8 Å².